The van der Waals surface area contributed by atoms with Crippen LogP contribution in [0.2, 0.25) is 0 Å². The Morgan fingerprint density at radius 1 is 0.792 bits per heavy atom. The van der Waals surface area contributed by atoms with Gasteiger partial charge in [0.2, 0.25) is 0 Å². The molecule has 0 saturated heterocycles. The second kappa shape index (κ2) is 15.9. The molecular weight excluding hydrogens is 368 g/mol. The quantitative estimate of drug-likeness (QED) is 0.626. The van der Waals surface area contributed by atoms with Gasteiger partial charge >= 0.3 is 17.9 Å². The predicted octanol–water partition coefficient (Wildman–Crippen LogP) is 0.648. The molecule has 24 heavy (non-hydrogen) atoms. The summed E-state index contributed by atoms with van der Waals surface area (Å²) >= 11 is 0. The van der Waals surface area contributed by atoms with Gasteiger partial charge in [-0.2, -0.15) is 0 Å². The Morgan fingerprint density at radius 2 is 1.12 bits per heavy atom. The van der Waals surface area contributed by atoms with E-state index in [-0.39, 0.29) is 30.2 Å². The zero-order valence-electron chi connectivity index (χ0n) is 14.1. The molecule has 0 heterocycles. The smallest absolute Gasteiger partial charge is 0.335 e. The number of rotatable bonds is 5. The number of carboxylic acid groups (broad SMARTS) is 3. The van der Waals surface area contributed by atoms with Gasteiger partial charge < -0.3 is 15.3 Å². The van der Waals surface area contributed by atoms with Crippen molar-refractivity contribution < 1.29 is 46.8 Å². The molecule has 9 heteroatoms. The van der Waals surface area contributed by atoms with E-state index in [4.69, 9.17) is 15.3 Å². The standard InChI is InChI=1S/C7H6O2.2C4H9NO2.Cu/c8-7(9)6-4-2-1-3-5-6;2*1-5(2)3-4(6)7;/h1-5H,(H,8,9);2*3H2,1-2H3,(H,6,7);. The SMILES string of the molecule is CN(C)CC(=O)O.CN(C)CC(=O)O.O=C(O)c1ccccc1.[Cu]. The van der Waals surface area contributed by atoms with Crippen LogP contribution in [0.4, 0.5) is 0 Å². The van der Waals surface area contributed by atoms with Gasteiger partial charge in [-0.25, -0.2) is 4.79 Å². The number of hydrogen-bond acceptors (Lipinski definition) is 5. The average molecular weight is 392 g/mol. The molecule has 1 rings (SSSR count). The maximum Gasteiger partial charge on any atom is 0.335 e. The van der Waals surface area contributed by atoms with E-state index in [0.29, 0.717) is 5.56 Å². The van der Waals surface area contributed by atoms with E-state index >= 15 is 0 Å². The van der Waals surface area contributed by atoms with Gasteiger partial charge in [0.05, 0.1) is 18.7 Å². The van der Waals surface area contributed by atoms with Crippen LogP contribution in [0.1, 0.15) is 10.4 Å². The molecule has 1 aromatic rings. The van der Waals surface area contributed by atoms with Crippen molar-refractivity contribution in [3.05, 3.63) is 35.9 Å². The first-order valence-electron chi connectivity index (χ1n) is 6.57. The fraction of sp³-hybridized carbons (Fsp3) is 0.400. The summed E-state index contributed by atoms with van der Waals surface area (Å²) in [7, 11) is 6.87. The molecule has 0 fully saturated rings. The van der Waals surface area contributed by atoms with E-state index in [1.54, 1.807) is 68.3 Å². The Balaban J connectivity index is -0.000000274. The van der Waals surface area contributed by atoms with Crippen molar-refractivity contribution in [1.29, 1.82) is 0 Å². The van der Waals surface area contributed by atoms with Crippen LogP contribution >= 0.6 is 0 Å². The molecule has 0 bridgehead atoms. The van der Waals surface area contributed by atoms with Gasteiger partial charge in [-0.3, -0.25) is 19.4 Å². The van der Waals surface area contributed by atoms with E-state index in [9.17, 15) is 14.4 Å². The topological polar surface area (TPSA) is 118 Å². The number of carbonyl (C=O) groups is 3. The van der Waals surface area contributed by atoms with Gasteiger partial charge in [0.1, 0.15) is 0 Å². The molecule has 0 unspecified atom stereocenters. The van der Waals surface area contributed by atoms with Crippen LogP contribution in [0.15, 0.2) is 30.3 Å². The maximum atomic E-state index is 10.2. The Morgan fingerprint density at radius 3 is 1.25 bits per heavy atom. The Hall–Kier alpha value is -1.93. The summed E-state index contributed by atoms with van der Waals surface area (Å²) in [5, 5.41) is 24.5. The molecule has 0 saturated carbocycles. The van der Waals surface area contributed by atoms with Gasteiger partial charge in [-0.05, 0) is 40.3 Å². The minimum Gasteiger partial charge on any atom is -0.480 e. The number of benzene rings is 1. The summed E-state index contributed by atoms with van der Waals surface area (Å²) in [5.74, 6) is -2.45. The fourth-order valence-corrected chi connectivity index (χ4v) is 1.12. The number of aliphatic carboxylic acids is 2. The van der Waals surface area contributed by atoms with Crippen LogP contribution in [-0.4, -0.2) is 84.3 Å². The van der Waals surface area contributed by atoms with Crippen molar-refractivity contribution in [3.8, 4) is 0 Å². The molecule has 1 radical (unpaired) electrons. The first-order valence-corrected chi connectivity index (χ1v) is 6.57. The van der Waals surface area contributed by atoms with Gasteiger partial charge in [0, 0.05) is 17.1 Å². The van der Waals surface area contributed by atoms with Crippen molar-refractivity contribution in [2.24, 2.45) is 0 Å². The number of nitrogens with zero attached hydrogens (tertiary/aromatic N) is 2. The first kappa shape index (κ1) is 26.9. The molecule has 0 aromatic heterocycles. The number of aromatic carboxylic acids is 1. The maximum absolute atomic E-state index is 10.2. The summed E-state index contributed by atoms with van der Waals surface area (Å²) in [4.78, 5) is 32.9. The minimum atomic E-state index is -0.879. The monoisotopic (exact) mass is 391 g/mol. The normalized spacial score (nSPS) is 8.92. The molecule has 0 aliphatic rings. The molecular formula is C15H24CuN2O6. The fourth-order valence-electron chi connectivity index (χ4n) is 1.12. The van der Waals surface area contributed by atoms with Crippen molar-refractivity contribution in [1.82, 2.24) is 9.80 Å². The third-order valence-electron chi connectivity index (χ3n) is 1.92. The van der Waals surface area contributed by atoms with Crippen LogP contribution in [-0.2, 0) is 26.7 Å². The molecule has 0 aliphatic heterocycles. The molecule has 0 spiro atoms. The van der Waals surface area contributed by atoms with Crippen molar-refractivity contribution in [2.75, 3.05) is 41.3 Å². The number of carboxylic acids is 3. The third kappa shape index (κ3) is 22.4. The van der Waals surface area contributed by atoms with Crippen LogP contribution in [0, 0.1) is 0 Å². The van der Waals surface area contributed by atoms with Crippen LogP contribution in [0.3, 0.4) is 0 Å². The summed E-state index contributed by atoms with van der Waals surface area (Å²) in [5.41, 5.74) is 0.331. The van der Waals surface area contributed by atoms with Crippen LogP contribution in [0.25, 0.3) is 0 Å². The Labute approximate surface area is 152 Å². The molecule has 0 atom stereocenters. The van der Waals surface area contributed by atoms with Crippen molar-refractivity contribution in [3.63, 3.8) is 0 Å². The van der Waals surface area contributed by atoms with Gasteiger partial charge in [0.15, 0.2) is 0 Å². The van der Waals surface area contributed by atoms with Crippen LogP contribution in [0.5, 0.6) is 0 Å². The zero-order valence-corrected chi connectivity index (χ0v) is 15.0. The van der Waals surface area contributed by atoms with Crippen LogP contribution < -0.4 is 0 Å². The summed E-state index contributed by atoms with van der Waals surface area (Å²) in [6.45, 7) is 0.222. The van der Waals surface area contributed by atoms with Crippen molar-refractivity contribution >= 4 is 17.9 Å². The number of likely N-dealkylation sites (N-methyl/N-ethyl adjacent to an activating group) is 2. The zero-order chi connectivity index (χ0) is 18.4. The predicted molar refractivity (Wildman–Crippen MR) is 85.8 cm³/mol. The summed E-state index contributed by atoms with van der Waals surface area (Å²) in [6, 6.07) is 8.30. The Bertz CT molecular complexity index is 460. The second-order valence-electron chi connectivity index (χ2n) is 4.93. The first-order chi connectivity index (χ1) is 10.6. The molecule has 1 aromatic carbocycles. The average Bonchev–Trinajstić information content (AvgIpc) is 2.37. The number of hydrogen-bond donors (Lipinski definition) is 3. The summed E-state index contributed by atoms with van der Waals surface area (Å²) in [6.07, 6.45) is 0. The van der Waals surface area contributed by atoms with E-state index in [2.05, 4.69) is 0 Å². The van der Waals surface area contributed by atoms with E-state index in [1.165, 1.54) is 0 Å². The molecule has 8 nitrogen and oxygen atoms in total. The molecule has 141 valence electrons. The summed E-state index contributed by atoms with van der Waals surface area (Å²) < 4.78 is 0. The van der Waals surface area contributed by atoms with Gasteiger partial charge in [-0.15, -0.1) is 0 Å². The van der Waals surface area contributed by atoms with Gasteiger partial charge in [-0.1, -0.05) is 18.2 Å². The molecule has 0 amide bonds. The molecule has 3 N–H and O–H groups in total. The van der Waals surface area contributed by atoms with Crippen molar-refractivity contribution in [2.45, 2.75) is 0 Å². The largest absolute Gasteiger partial charge is 0.480 e. The third-order valence-corrected chi connectivity index (χ3v) is 1.92. The molecule has 0 aliphatic carbocycles. The second-order valence-corrected chi connectivity index (χ2v) is 4.93. The van der Waals surface area contributed by atoms with E-state index in [1.807, 2.05) is 0 Å². The van der Waals surface area contributed by atoms with Gasteiger partial charge in [0.25, 0.3) is 0 Å². The van der Waals surface area contributed by atoms with E-state index < -0.39 is 17.9 Å². The Kier molecular flexibility index (Phi) is 17.9. The van der Waals surface area contributed by atoms with E-state index in [0.717, 1.165) is 0 Å². The minimum absolute atomic E-state index is 0.